The molecule has 0 radical (unpaired) electrons. The minimum absolute atomic E-state index is 0.0820. The molecule has 47 heavy (non-hydrogen) atoms. The fourth-order valence-electron chi connectivity index (χ4n) is 5.41. The SMILES string of the molecule is Cc1ccc(C(C)C)c(N2/C(=N/C(=O)NC(C)CCc3ccc(-c4ncn(-c5ccc(OC(F)(F)F)cc5)n4)cc3)SCCC2C)c1. The Morgan fingerprint density at radius 2 is 1.81 bits per heavy atom. The Kier molecular flexibility index (Phi) is 10.6. The zero-order valence-electron chi connectivity index (χ0n) is 27.1. The molecule has 248 valence electrons. The number of halogens is 3. The number of nitrogens with zero attached hydrogens (tertiary/aromatic N) is 5. The van der Waals surface area contributed by atoms with Gasteiger partial charge in [0.05, 0.1) is 5.69 Å². The van der Waals surface area contributed by atoms with Gasteiger partial charge in [-0.1, -0.05) is 62.0 Å². The van der Waals surface area contributed by atoms with Crippen LogP contribution in [0.4, 0.5) is 23.7 Å². The molecule has 1 fully saturated rings. The smallest absolute Gasteiger partial charge is 0.406 e. The van der Waals surface area contributed by atoms with Crippen molar-refractivity contribution < 1.29 is 22.7 Å². The minimum Gasteiger partial charge on any atom is -0.406 e. The standard InChI is InChI=1S/C35H39F3N6O2S/c1-22(2)30-17-6-23(3)20-31(30)44-25(5)18-19-47-34(44)41-33(45)40-24(4)7-8-26-9-11-27(12-10-26)32-39-21-43(42-32)28-13-15-29(16-14-28)46-35(36,37)38/h6,9-17,20-22,24-25H,7-8,18-19H2,1-5H3,(H,40,45)/b41-34-. The molecule has 0 spiro atoms. The number of amides is 2. The first-order chi connectivity index (χ1) is 22.4. The summed E-state index contributed by atoms with van der Waals surface area (Å²) in [6.07, 6.45) is -0.732. The molecule has 3 aromatic carbocycles. The molecule has 8 nitrogen and oxygen atoms in total. The number of hydrogen-bond donors (Lipinski definition) is 1. The van der Waals surface area contributed by atoms with Crippen molar-refractivity contribution in [2.24, 2.45) is 4.99 Å². The Balaban J connectivity index is 1.17. The highest BCUT2D eigenvalue weighted by Gasteiger charge is 2.31. The third-order valence-corrected chi connectivity index (χ3v) is 8.94. The number of carbonyl (C=O) groups is 1. The maximum atomic E-state index is 13.1. The molecule has 1 saturated heterocycles. The van der Waals surface area contributed by atoms with E-state index in [-0.39, 0.29) is 23.9 Å². The topological polar surface area (TPSA) is 84.6 Å². The summed E-state index contributed by atoms with van der Waals surface area (Å²) >= 11 is 1.62. The third kappa shape index (κ3) is 8.94. The van der Waals surface area contributed by atoms with Crippen LogP contribution in [0.25, 0.3) is 17.1 Å². The molecule has 2 heterocycles. The predicted octanol–water partition coefficient (Wildman–Crippen LogP) is 8.68. The monoisotopic (exact) mass is 664 g/mol. The molecular weight excluding hydrogens is 625 g/mol. The van der Waals surface area contributed by atoms with E-state index in [9.17, 15) is 18.0 Å². The van der Waals surface area contributed by atoms with E-state index in [1.165, 1.54) is 46.4 Å². The Morgan fingerprint density at radius 1 is 1.09 bits per heavy atom. The minimum atomic E-state index is -4.75. The van der Waals surface area contributed by atoms with Crippen molar-refractivity contribution in [3.05, 3.63) is 89.7 Å². The molecular formula is C35H39F3N6O2S. The third-order valence-electron chi connectivity index (χ3n) is 7.95. The molecule has 12 heteroatoms. The number of amidine groups is 1. The second kappa shape index (κ2) is 14.6. The van der Waals surface area contributed by atoms with Crippen LogP contribution < -0.4 is 15.0 Å². The number of aliphatic imine (C=N–C) groups is 1. The Labute approximate surface area is 277 Å². The van der Waals surface area contributed by atoms with Crippen LogP contribution in [0.2, 0.25) is 0 Å². The van der Waals surface area contributed by atoms with Crippen LogP contribution >= 0.6 is 11.8 Å². The molecule has 2 atom stereocenters. The van der Waals surface area contributed by atoms with E-state index in [1.54, 1.807) is 11.8 Å². The number of carbonyl (C=O) groups excluding carboxylic acids is 1. The molecule has 2 unspecified atom stereocenters. The van der Waals surface area contributed by atoms with E-state index in [1.807, 2.05) is 31.2 Å². The van der Waals surface area contributed by atoms with E-state index in [4.69, 9.17) is 0 Å². The molecule has 0 bridgehead atoms. The molecule has 5 rings (SSSR count). The second-order valence-corrected chi connectivity index (χ2v) is 13.2. The molecule has 4 aromatic rings. The van der Waals surface area contributed by atoms with Gasteiger partial charge in [-0.05, 0) is 93.0 Å². The zero-order valence-corrected chi connectivity index (χ0v) is 27.9. The van der Waals surface area contributed by atoms with Crippen LogP contribution in [0.3, 0.4) is 0 Å². The summed E-state index contributed by atoms with van der Waals surface area (Å²) in [5.41, 5.74) is 6.00. The fraction of sp³-hybridized carbons (Fsp3) is 0.371. The summed E-state index contributed by atoms with van der Waals surface area (Å²) in [7, 11) is 0. The molecule has 0 aliphatic carbocycles. The van der Waals surface area contributed by atoms with Crippen LogP contribution in [-0.4, -0.2) is 50.2 Å². The van der Waals surface area contributed by atoms with Gasteiger partial charge in [0.1, 0.15) is 12.1 Å². The number of urea groups is 1. The van der Waals surface area contributed by atoms with E-state index < -0.39 is 6.36 Å². The van der Waals surface area contributed by atoms with Crippen LogP contribution in [0, 0.1) is 6.92 Å². The zero-order chi connectivity index (χ0) is 33.7. The second-order valence-electron chi connectivity index (χ2n) is 12.1. The van der Waals surface area contributed by atoms with Gasteiger partial charge < -0.3 is 15.0 Å². The van der Waals surface area contributed by atoms with Gasteiger partial charge in [0.2, 0.25) is 0 Å². The molecule has 1 aliphatic rings. The van der Waals surface area contributed by atoms with Crippen molar-refractivity contribution in [1.82, 2.24) is 20.1 Å². The van der Waals surface area contributed by atoms with Gasteiger partial charge in [-0.15, -0.1) is 18.3 Å². The van der Waals surface area contributed by atoms with Crippen LogP contribution in [0.5, 0.6) is 5.75 Å². The lowest BCUT2D eigenvalue weighted by Crippen LogP contribution is -2.43. The number of aromatic nitrogens is 3. The Bertz CT molecular complexity index is 1700. The number of benzene rings is 3. The van der Waals surface area contributed by atoms with Gasteiger partial charge >= 0.3 is 12.4 Å². The number of anilines is 1. The summed E-state index contributed by atoms with van der Waals surface area (Å²) in [6.45, 7) is 10.6. The maximum Gasteiger partial charge on any atom is 0.573 e. The average Bonchev–Trinajstić information content (AvgIpc) is 3.50. The first-order valence-corrected chi connectivity index (χ1v) is 16.6. The lowest BCUT2D eigenvalue weighted by Gasteiger charge is -2.37. The largest absolute Gasteiger partial charge is 0.573 e. The normalized spacial score (nSPS) is 16.8. The Hall–Kier alpha value is -4.32. The van der Waals surface area contributed by atoms with Gasteiger partial charge in [0.25, 0.3) is 0 Å². The highest BCUT2D eigenvalue weighted by Crippen LogP contribution is 2.35. The molecule has 0 saturated carbocycles. The molecule has 1 aromatic heterocycles. The number of hydrogen-bond acceptors (Lipinski definition) is 5. The van der Waals surface area contributed by atoms with E-state index in [0.29, 0.717) is 17.4 Å². The highest BCUT2D eigenvalue weighted by atomic mass is 32.2. The summed E-state index contributed by atoms with van der Waals surface area (Å²) in [6, 6.07) is 19.6. The highest BCUT2D eigenvalue weighted by molar-refractivity contribution is 8.14. The summed E-state index contributed by atoms with van der Waals surface area (Å²) in [4.78, 5) is 24.2. The van der Waals surface area contributed by atoms with Gasteiger partial charge in [0.15, 0.2) is 11.0 Å². The first-order valence-electron chi connectivity index (χ1n) is 15.6. The van der Waals surface area contributed by atoms with Gasteiger partial charge in [0, 0.05) is 29.1 Å². The number of thioether (sulfide) groups is 1. The van der Waals surface area contributed by atoms with Crippen molar-refractivity contribution in [3.8, 4) is 22.8 Å². The summed E-state index contributed by atoms with van der Waals surface area (Å²) < 4.78 is 42.7. The number of nitrogens with one attached hydrogen (secondary N) is 1. The number of ether oxygens (including phenoxy) is 1. The van der Waals surface area contributed by atoms with Crippen molar-refractivity contribution in [1.29, 1.82) is 0 Å². The lowest BCUT2D eigenvalue weighted by molar-refractivity contribution is -0.274. The molecule has 1 N–H and O–H groups in total. The number of alkyl halides is 3. The van der Waals surface area contributed by atoms with Crippen molar-refractivity contribution in [2.75, 3.05) is 10.7 Å². The van der Waals surface area contributed by atoms with Crippen molar-refractivity contribution in [3.63, 3.8) is 0 Å². The van der Waals surface area contributed by atoms with Gasteiger partial charge in [-0.2, -0.15) is 4.99 Å². The number of rotatable bonds is 9. The Morgan fingerprint density at radius 3 is 2.49 bits per heavy atom. The average molecular weight is 665 g/mol. The first kappa shape index (κ1) is 34.0. The van der Waals surface area contributed by atoms with E-state index >= 15 is 0 Å². The molecule has 1 aliphatic heterocycles. The van der Waals surface area contributed by atoms with Crippen LogP contribution in [0.1, 0.15) is 63.1 Å². The van der Waals surface area contributed by atoms with Crippen LogP contribution in [-0.2, 0) is 6.42 Å². The van der Waals surface area contributed by atoms with E-state index in [2.05, 4.69) is 75.9 Å². The lowest BCUT2D eigenvalue weighted by atomic mass is 9.98. The van der Waals surface area contributed by atoms with Crippen molar-refractivity contribution in [2.45, 2.75) is 78.2 Å². The van der Waals surface area contributed by atoms with E-state index in [0.717, 1.165) is 47.0 Å². The summed E-state index contributed by atoms with van der Waals surface area (Å²) in [5, 5.41) is 8.25. The molecule has 2 amide bonds. The summed E-state index contributed by atoms with van der Waals surface area (Å²) in [5.74, 6) is 1.45. The van der Waals surface area contributed by atoms with Gasteiger partial charge in [-0.25, -0.2) is 14.5 Å². The van der Waals surface area contributed by atoms with Crippen molar-refractivity contribution >= 4 is 28.6 Å². The maximum absolute atomic E-state index is 13.1. The van der Waals surface area contributed by atoms with Crippen LogP contribution in [0.15, 0.2) is 78.0 Å². The van der Waals surface area contributed by atoms with Gasteiger partial charge in [-0.3, -0.25) is 0 Å². The predicted molar refractivity (Wildman–Crippen MR) is 182 cm³/mol. The quantitative estimate of drug-likeness (QED) is 0.193. The number of aryl methyl sites for hydroxylation is 2. The fourth-order valence-corrected chi connectivity index (χ4v) is 6.62.